The predicted octanol–water partition coefficient (Wildman–Crippen LogP) is 4.51. The molecule has 0 saturated heterocycles. The van der Waals surface area contributed by atoms with Gasteiger partial charge in [0.15, 0.2) is 0 Å². The molecule has 0 spiro atoms. The Morgan fingerprint density at radius 1 is 1.40 bits per heavy atom. The molecular formula is C15H19BrClN3. The van der Waals surface area contributed by atoms with Gasteiger partial charge in [-0.05, 0) is 43.2 Å². The number of nitrogens with zero attached hydrogens (tertiary/aromatic N) is 2. The number of nitrogens with two attached hydrogens (primary N) is 1. The van der Waals surface area contributed by atoms with Gasteiger partial charge in [0, 0.05) is 34.2 Å². The van der Waals surface area contributed by atoms with Gasteiger partial charge in [0.25, 0.3) is 0 Å². The van der Waals surface area contributed by atoms with Gasteiger partial charge in [-0.15, -0.1) is 0 Å². The molecule has 2 atom stereocenters. The fraction of sp³-hybridized carbons (Fsp3) is 0.400. The monoisotopic (exact) mass is 355 g/mol. The zero-order chi connectivity index (χ0) is 14.7. The van der Waals surface area contributed by atoms with Crippen LogP contribution in [0.5, 0.6) is 0 Å². The Morgan fingerprint density at radius 2 is 2.15 bits per heavy atom. The Bertz CT molecular complexity index is 562. The highest BCUT2D eigenvalue weighted by Gasteiger charge is 2.12. The average molecular weight is 357 g/mol. The fourth-order valence-electron chi connectivity index (χ4n) is 2.05. The summed E-state index contributed by atoms with van der Waals surface area (Å²) in [5.74, 6) is 0. The maximum Gasteiger partial charge on any atom is 0.0643 e. The molecule has 20 heavy (non-hydrogen) atoms. The number of benzene rings is 1. The second kappa shape index (κ2) is 6.74. The van der Waals surface area contributed by atoms with Crippen LogP contribution in [0, 0.1) is 0 Å². The van der Waals surface area contributed by atoms with E-state index in [2.05, 4.69) is 34.9 Å². The summed E-state index contributed by atoms with van der Waals surface area (Å²) in [6, 6.07) is 8.11. The summed E-state index contributed by atoms with van der Waals surface area (Å²) in [4.78, 5) is 0. The molecular weight excluding hydrogens is 338 g/mol. The highest BCUT2D eigenvalue weighted by Crippen LogP contribution is 2.24. The standard InChI is InChI=1S/C15H19BrClN3/c1-3-10(2)20-5-4-14(19-20)9-15(18)11-6-12(16)8-13(17)7-11/h4-8,10,15H,3,9,18H2,1-2H3. The van der Waals surface area contributed by atoms with Gasteiger partial charge in [-0.25, -0.2) is 0 Å². The molecule has 0 fully saturated rings. The summed E-state index contributed by atoms with van der Waals surface area (Å²) in [7, 11) is 0. The minimum atomic E-state index is -0.106. The second-order valence-corrected chi connectivity index (χ2v) is 6.41. The molecule has 1 aromatic heterocycles. The Morgan fingerprint density at radius 3 is 2.80 bits per heavy atom. The molecule has 2 unspecified atom stereocenters. The van der Waals surface area contributed by atoms with Crippen molar-refractivity contribution in [2.75, 3.05) is 0 Å². The smallest absolute Gasteiger partial charge is 0.0643 e. The largest absolute Gasteiger partial charge is 0.324 e. The molecule has 2 N–H and O–H groups in total. The lowest BCUT2D eigenvalue weighted by molar-refractivity contribution is 0.472. The third-order valence-electron chi connectivity index (χ3n) is 3.45. The van der Waals surface area contributed by atoms with E-state index in [0.29, 0.717) is 17.5 Å². The summed E-state index contributed by atoms with van der Waals surface area (Å²) in [5, 5.41) is 5.27. The Kier molecular flexibility index (Phi) is 5.24. The summed E-state index contributed by atoms with van der Waals surface area (Å²) >= 11 is 9.50. The van der Waals surface area contributed by atoms with Gasteiger partial charge in [0.1, 0.15) is 0 Å². The number of hydrogen-bond donors (Lipinski definition) is 1. The lowest BCUT2D eigenvalue weighted by Gasteiger charge is -2.12. The van der Waals surface area contributed by atoms with Crippen molar-refractivity contribution < 1.29 is 0 Å². The highest BCUT2D eigenvalue weighted by atomic mass is 79.9. The van der Waals surface area contributed by atoms with Crippen molar-refractivity contribution in [3.8, 4) is 0 Å². The van der Waals surface area contributed by atoms with Crippen molar-refractivity contribution in [1.82, 2.24) is 9.78 Å². The summed E-state index contributed by atoms with van der Waals surface area (Å²) in [5.41, 5.74) is 8.28. The first-order valence-electron chi connectivity index (χ1n) is 6.75. The normalized spacial score (nSPS) is 14.2. The zero-order valence-corrected chi connectivity index (χ0v) is 14.0. The van der Waals surface area contributed by atoms with Gasteiger partial charge in [-0.2, -0.15) is 5.10 Å². The van der Waals surface area contributed by atoms with Crippen LogP contribution in [-0.4, -0.2) is 9.78 Å². The number of aromatic nitrogens is 2. The lowest BCUT2D eigenvalue weighted by atomic mass is 10.0. The van der Waals surface area contributed by atoms with Crippen molar-refractivity contribution >= 4 is 27.5 Å². The SMILES string of the molecule is CCC(C)n1ccc(CC(N)c2cc(Cl)cc(Br)c2)n1. The molecule has 0 saturated carbocycles. The van der Waals surface area contributed by atoms with Crippen molar-refractivity contribution in [2.24, 2.45) is 5.73 Å². The Hall–Kier alpha value is -0.840. The molecule has 2 aromatic rings. The third kappa shape index (κ3) is 3.84. The van der Waals surface area contributed by atoms with Gasteiger partial charge < -0.3 is 5.73 Å². The van der Waals surface area contributed by atoms with E-state index in [0.717, 1.165) is 22.2 Å². The van der Waals surface area contributed by atoms with Crippen LogP contribution in [0.3, 0.4) is 0 Å². The quantitative estimate of drug-likeness (QED) is 0.856. The molecule has 2 rings (SSSR count). The number of rotatable bonds is 5. The van der Waals surface area contributed by atoms with Gasteiger partial charge >= 0.3 is 0 Å². The molecule has 1 aromatic carbocycles. The van der Waals surface area contributed by atoms with Crippen LogP contribution < -0.4 is 5.73 Å². The highest BCUT2D eigenvalue weighted by molar-refractivity contribution is 9.10. The third-order valence-corrected chi connectivity index (χ3v) is 4.12. The van der Waals surface area contributed by atoms with Crippen LogP contribution in [0.25, 0.3) is 0 Å². The number of hydrogen-bond acceptors (Lipinski definition) is 2. The zero-order valence-electron chi connectivity index (χ0n) is 11.7. The van der Waals surface area contributed by atoms with Crippen molar-refractivity contribution in [3.05, 3.63) is 51.2 Å². The van der Waals surface area contributed by atoms with E-state index in [4.69, 9.17) is 17.3 Å². The first-order valence-corrected chi connectivity index (χ1v) is 7.92. The minimum absolute atomic E-state index is 0.106. The van der Waals surface area contributed by atoms with Crippen molar-refractivity contribution in [3.63, 3.8) is 0 Å². The summed E-state index contributed by atoms with van der Waals surface area (Å²) < 4.78 is 2.94. The van der Waals surface area contributed by atoms with Gasteiger partial charge in [-0.1, -0.05) is 34.5 Å². The topological polar surface area (TPSA) is 43.8 Å². The fourth-order valence-corrected chi connectivity index (χ4v) is 2.94. The summed E-state index contributed by atoms with van der Waals surface area (Å²) in [6.45, 7) is 4.31. The molecule has 0 radical (unpaired) electrons. The molecule has 0 aliphatic heterocycles. The maximum absolute atomic E-state index is 6.25. The molecule has 0 aliphatic rings. The molecule has 108 valence electrons. The first kappa shape index (κ1) is 15.5. The predicted molar refractivity (Wildman–Crippen MR) is 87.0 cm³/mol. The molecule has 0 bridgehead atoms. The minimum Gasteiger partial charge on any atom is -0.324 e. The van der Waals surface area contributed by atoms with E-state index in [1.54, 1.807) is 0 Å². The molecule has 5 heteroatoms. The van der Waals surface area contributed by atoms with Crippen LogP contribution >= 0.6 is 27.5 Å². The first-order chi connectivity index (χ1) is 9.49. The van der Waals surface area contributed by atoms with Crippen LogP contribution in [0.4, 0.5) is 0 Å². The van der Waals surface area contributed by atoms with Crippen LogP contribution in [-0.2, 0) is 6.42 Å². The van der Waals surface area contributed by atoms with Gasteiger partial charge in [0.2, 0.25) is 0 Å². The van der Waals surface area contributed by atoms with E-state index < -0.39 is 0 Å². The number of halogens is 2. The van der Waals surface area contributed by atoms with E-state index in [9.17, 15) is 0 Å². The van der Waals surface area contributed by atoms with Gasteiger partial charge in [-0.3, -0.25) is 4.68 Å². The Balaban J connectivity index is 2.11. The second-order valence-electron chi connectivity index (χ2n) is 5.06. The summed E-state index contributed by atoms with van der Waals surface area (Å²) in [6.07, 6.45) is 3.79. The van der Waals surface area contributed by atoms with Crippen LogP contribution in [0.1, 0.15) is 43.6 Å². The van der Waals surface area contributed by atoms with Gasteiger partial charge in [0.05, 0.1) is 5.69 Å². The van der Waals surface area contributed by atoms with Crippen molar-refractivity contribution in [2.45, 2.75) is 38.8 Å². The molecule has 0 amide bonds. The van der Waals surface area contributed by atoms with E-state index >= 15 is 0 Å². The van der Waals surface area contributed by atoms with Crippen LogP contribution in [0.2, 0.25) is 5.02 Å². The lowest BCUT2D eigenvalue weighted by Crippen LogP contribution is -2.14. The van der Waals surface area contributed by atoms with E-state index in [1.807, 2.05) is 35.1 Å². The maximum atomic E-state index is 6.25. The van der Waals surface area contributed by atoms with Crippen LogP contribution in [0.15, 0.2) is 34.9 Å². The van der Waals surface area contributed by atoms with Crippen molar-refractivity contribution in [1.29, 1.82) is 0 Å². The molecule has 0 aliphatic carbocycles. The molecule has 1 heterocycles. The van der Waals surface area contributed by atoms with E-state index in [1.165, 1.54) is 0 Å². The molecule has 3 nitrogen and oxygen atoms in total. The average Bonchev–Trinajstić information content (AvgIpc) is 2.85. The van der Waals surface area contributed by atoms with E-state index in [-0.39, 0.29) is 6.04 Å². The Labute approximate surface area is 133 Å².